The maximum absolute atomic E-state index is 4.43. The van der Waals surface area contributed by atoms with Gasteiger partial charge in [0.2, 0.25) is 0 Å². The lowest BCUT2D eigenvalue weighted by Gasteiger charge is -2.22. The standard InChI is InChI=1S/C18H24N4.HI/c1-19-18(22(3)13-15-10-7-11-21(15)2)20-17-12-16(17)14-8-5-4-6-9-14;/h4-11,16-17H,12-13H2,1-3H3,(H,19,20);1H. The number of hydrogen-bond donors (Lipinski definition) is 1. The van der Waals surface area contributed by atoms with E-state index in [2.05, 4.69) is 82.5 Å². The lowest BCUT2D eigenvalue weighted by atomic mass is 10.1. The van der Waals surface area contributed by atoms with Gasteiger partial charge in [-0.1, -0.05) is 30.3 Å². The molecule has 0 bridgehead atoms. The first-order valence-corrected chi connectivity index (χ1v) is 7.78. The Balaban J connectivity index is 0.00000192. The summed E-state index contributed by atoms with van der Waals surface area (Å²) < 4.78 is 2.15. The van der Waals surface area contributed by atoms with Crippen LogP contribution in [0.3, 0.4) is 0 Å². The maximum Gasteiger partial charge on any atom is 0.193 e. The summed E-state index contributed by atoms with van der Waals surface area (Å²) >= 11 is 0. The second-order valence-electron chi connectivity index (χ2n) is 6.02. The Hall–Kier alpha value is -1.50. The van der Waals surface area contributed by atoms with Gasteiger partial charge in [0.15, 0.2) is 5.96 Å². The van der Waals surface area contributed by atoms with Crippen molar-refractivity contribution in [1.82, 2.24) is 14.8 Å². The molecule has 3 rings (SSSR count). The minimum atomic E-state index is 0. The minimum absolute atomic E-state index is 0. The third-order valence-corrected chi connectivity index (χ3v) is 4.36. The summed E-state index contributed by atoms with van der Waals surface area (Å²) in [6, 6.07) is 15.4. The molecular formula is C18H25IN4. The molecule has 0 saturated heterocycles. The van der Waals surface area contributed by atoms with Gasteiger partial charge in [-0.15, -0.1) is 24.0 Å². The van der Waals surface area contributed by atoms with Crippen LogP contribution in [-0.4, -0.2) is 35.6 Å². The van der Waals surface area contributed by atoms with E-state index in [9.17, 15) is 0 Å². The Morgan fingerprint density at radius 1 is 1.26 bits per heavy atom. The van der Waals surface area contributed by atoms with Crippen molar-refractivity contribution < 1.29 is 0 Å². The molecule has 1 heterocycles. The zero-order valence-corrected chi connectivity index (χ0v) is 16.3. The smallest absolute Gasteiger partial charge is 0.193 e. The Bertz CT molecular complexity index is 650. The highest BCUT2D eigenvalue weighted by Crippen LogP contribution is 2.40. The summed E-state index contributed by atoms with van der Waals surface area (Å²) in [6.45, 7) is 0.853. The molecule has 1 N–H and O–H groups in total. The molecular weight excluding hydrogens is 399 g/mol. The zero-order chi connectivity index (χ0) is 15.5. The fourth-order valence-corrected chi connectivity index (χ4v) is 2.91. The fourth-order valence-electron chi connectivity index (χ4n) is 2.91. The minimum Gasteiger partial charge on any atom is -0.353 e. The monoisotopic (exact) mass is 424 g/mol. The SMILES string of the molecule is CN=C(NC1CC1c1ccccc1)N(C)Cc1cccn1C.I. The molecule has 1 saturated carbocycles. The molecule has 0 radical (unpaired) electrons. The van der Waals surface area contributed by atoms with Crippen molar-refractivity contribution >= 4 is 29.9 Å². The molecule has 1 aromatic heterocycles. The number of rotatable bonds is 4. The van der Waals surface area contributed by atoms with Crippen molar-refractivity contribution in [2.24, 2.45) is 12.0 Å². The molecule has 23 heavy (non-hydrogen) atoms. The second kappa shape index (κ2) is 7.86. The molecule has 4 nitrogen and oxygen atoms in total. The van der Waals surface area contributed by atoms with Gasteiger partial charge < -0.3 is 14.8 Å². The highest BCUT2D eigenvalue weighted by Gasteiger charge is 2.39. The summed E-state index contributed by atoms with van der Waals surface area (Å²) in [5.41, 5.74) is 2.70. The highest BCUT2D eigenvalue weighted by atomic mass is 127. The van der Waals surface area contributed by atoms with Crippen LogP contribution in [0.4, 0.5) is 0 Å². The van der Waals surface area contributed by atoms with Gasteiger partial charge in [-0.25, -0.2) is 0 Å². The van der Waals surface area contributed by atoms with Crippen LogP contribution in [0.15, 0.2) is 53.7 Å². The first kappa shape index (κ1) is 17.8. The number of aliphatic imine (C=N–C) groups is 1. The molecule has 2 unspecified atom stereocenters. The average molecular weight is 424 g/mol. The van der Waals surface area contributed by atoms with Crippen molar-refractivity contribution in [3.63, 3.8) is 0 Å². The van der Waals surface area contributed by atoms with Gasteiger partial charge in [-0.3, -0.25) is 4.99 Å². The van der Waals surface area contributed by atoms with E-state index in [1.165, 1.54) is 17.7 Å². The number of benzene rings is 1. The van der Waals surface area contributed by atoms with Gasteiger partial charge in [0, 0.05) is 45.0 Å². The van der Waals surface area contributed by atoms with Crippen molar-refractivity contribution in [2.45, 2.75) is 24.9 Å². The third kappa shape index (κ3) is 4.28. The summed E-state index contributed by atoms with van der Waals surface area (Å²) in [7, 11) is 6.01. The predicted octanol–water partition coefficient (Wildman–Crippen LogP) is 3.21. The second-order valence-corrected chi connectivity index (χ2v) is 6.02. The molecule has 1 aliphatic rings. The van der Waals surface area contributed by atoms with E-state index in [0.29, 0.717) is 12.0 Å². The van der Waals surface area contributed by atoms with E-state index in [1.54, 1.807) is 0 Å². The van der Waals surface area contributed by atoms with Crippen LogP contribution < -0.4 is 5.32 Å². The quantitative estimate of drug-likeness (QED) is 0.465. The van der Waals surface area contributed by atoms with Gasteiger partial charge in [0.1, 0.15) is 0 Å². The molecule has 0 aliphatic heterocycles. The van der Waals surface area contributed by atoms with Crippen molar-refractivity contribution in [3.05, 3.63) is 59.9 Å². The van der Waals surface area contributed by atoms with Crippen LogP contribution in [0.1, 0.15) is 23.6 Å². The topological polar surface area (TPSA) is 32.6 Å². The molecule has 2 atom stereocenters. The summed E-state index contributed by atoms with van der Waals surface area (Å²) in [5, 5.41) is 3.59. The van der Waals surface area contributed by atoms with E-state index in [4.69, 9.17) is 0 Å². The predicted molar refractivity (Wildman–Crippen MR) is 106 cm³/mol. The third-order valence-electron chi connectivity index (χ3n) is 4.36. The summed E-state index contributed by atoms with van der Waals surface area (Å²) in [5.74, 6) is 1.58. The first-order chi connectivity index (χ1) is 10.7. The van der Waals surface area contributed by atoms with E-state index < -0.39 is 0 Å². The molecule has 124 valence electrons. The molecule has 1 aromatic carbocycles. The van der Waals surface area contributed by atoms with Crippen molar-refractivity contribution in [1.29, 1.82) is 0 Å². The number of hydrogen-bond acceptors (Lipinski definition) is 1. The number of aromatic nitrogens is 1. The molecule has 1 fully saturated rings. The van der Waals surface area contributed by atoms with Crippen LogP contribution in [0.5, 0.6) is 0 Å². The Morgan fingerprint density at radius 2 is 2.00 bits per heavy atom. The average Bonchev–Trinajstić information content (AvgIpc) is 3.21. The van der Waals surface area contributed by atoms with Crippen LogP contribution >= 0.6 is 24.0 Å². The van der Waals surface area contributed by atoms with Crippen LogP contribution in [0.2, 0.25) is 0 Å². The van der Waals surface area contributed by atoms with Gasteiger partial charge >= 0.3 is 0 Å². The van der Waals surface area contributed by atoms with Gasteiger partial charge in [0.05, 0.1) is 6.54 Å². The van der Waals surface area contributed by atoms with Crippen LogP contribution in [-0.2, 0) is 13.6 Å². The van der Waals surface area contributed by atoms with E-state index in [1.807, 2.05) is 7.05 Å². The largest absolute Gasteiger partial charge is 0.353 e. The van der Waals surface area contributed by atoms with Gasteiger partial charge in [-0.05, 0) is 24.1 Å². The number of aryl methyl sites for hydroxylation is 1. The summed E-state index contributed by atoms with van der Waals surface area (Å²) in [6.07, 6.45) is 3.26. The molecule has 0 spiro atoms. The first-order valence-electron chi connectivity index (χ1n) is 7.78. The molecule has 5 heteroatoms. The Morgan fingerprint density at radius 3 is 2.61 bits per heavy atom. The fraction of sp³-hybridized carbons (Fsp3) is 0.389. The maximum atomic E-state index is 4.43. The van der Waals surface area contributed by atoms with Gasteiger partial charge in [-0.2, -0.15) is 0 Å². The molecule has 2 aromatic rings. The Labute approximate surface area is 155 Å². The van der Waals surface area contributed by atoms with Gasteiger partial charge in [0.25, 0.3) is 0 Å². The zero-order valence-electron chi connectivity index (χ0n) is 13.9. The van der Waals surface area contributed by atoms with Crippen LogP contribution in [0.25, 0.3) is 0 Å². The number of guanidine groups is 1. The number of nitrogens with one attached hydrogen (secondary N) is 1. The van der Waals surface area contributed by atoms with E-state index >= 15 is 0 Å². The summed E-state index contributed by atoms with van der Waals surface area (Å²) in [4.78, 5) is 6.60. The van der Waals surface area contributed by atoms with Crippen molar-refractivity contribution in [3.8, 4) is 0 Å². The molecule has 1 aliphatic carbocycles. The lowest BCUT2D eigenvalue weighted by Crippen LogP contribution is -2.40. The normalized spacial score (nSPS) is 19.9. The molecule has 0 amide bonds. The van der Waals surface area contributed by atoms with E-state index in [-0.39, 0.29) is 24.0 Å². The van der Waals surface area contributed by atoms with E-state index in [0.717, 1.165) is 12.5 Å². The van der Waals surface area contributed by atoms with Crippen molar-refractivity contribution in [2.75, 3.05) is 14.1 Å². The lowest BCUT2D eigenvalue weighted by molar-refractivity contribution is 0.461. The number of nitrogens with zero attached hydrogens (tertiary/aromatic N) is 3. The number of halogens is 1. The highest BCUT2D eigenvalue weighted by molar-refractivity contribution is 14.0. The van der Waals surface area contributed by atoms with Crippen LogP contribution in [0, 0.1) is 0 Å². The Kier molecular flexibility index (Phi) is 6.10.